The number of fused-ring (bicyclic) bond motifs is 1. The first kappa shape index (κ1) is 28.9. The molecule has 1 aliphatic rings. The molecule has 0 atom stereocenters. The van der Waals surface area contributed by atoms with E-state index < -0.39 is 11.7 Å². The van der Waals surface area contributed by atoms with E-state index in [2.05, 4.69) is 14.1 Å². The minimum Gasteiger partial charge on any atom is -0.326 e. The molecule has 0 saturated heterocycles. The van der Waals surface area contributed by atoms with E-state index >= 15 is 0 Å². The van der Waals surface area contributed by atoms with Crippen LogP contribution in [0.4, 0.5) is 17.6 Å². The Hall–Kier alpha value is -4.18. The molecule has 10 heteroatoms. The van der Waals surface area contributed by atoms with Gasteiger partial charge < -0.3 is 9.13 Å². The summed E-state index contributed by atoms with van der Waals surface area (Å²) in [6.45, 7) is 2.99. The Kier molecular flexibility index (Phi) is 7.96. The number of imidazole rings is 1. The van der Waals surface area contributed by atoms with Crippen molar-refractivity contribution in [3.63, 3.8) is 0 Å². The Morgan fingerprint density at radius 3 is 2.16 bits per heavy atom. The van der Waals surface area contributed by atoms with Gasteiger partial charge in [0.25, 0.3) is 5.56 Å². The standard InChI is InChI=1S/C33H28F4N4OS/c1-21-17-38-30(40(21)18-22-5-9-24(10-6-22)25-11-13-26(14-12-25)33(35,36)37)19-41-29-4-2-3-28(29)31(42)39-32(41)43-20-23-7-15-27(34)16-8-23/h5-17H,2-4,18-20H2,1H3. The summed E-state index contributed by atoms with van der Waals surface area (Å²) in [5, 5.41) is 0.614. The molecule has 1 aliphatic carbocycles. The molecule has 0 fully saturated rings. The first-order chi connectivity index (χ1) is 20.7. The summed E-state index contributed by atoms with van der Waals surface area (Å²) < 4.78 is 56.5. The predicted molar refractivity (Wildman–Crippen MR) is 159 cm³/mol. The van der Waals surface area contributed by atoms with Crippen LogP contribution < -0.4 is 5.56 Å². The molecule has 2 aromatic heterocycles. The van der Waals surface area contributed by atoms with Gasteiger partial charge in [-0.1, -0.05) is 60.3 Å². The third-order valence-electron chi connectivity index (χ3n) is 7.76. The zero-order valence-electron chi connectivity index (χ0n) is 23.4. The van der Waals surface area contributed by atoms with Gasteiger partial charge in [-0.05, 0) is 72.7 Å². The third kappa shape index (κ3) is 6.29. The number of benzene rings is 3. The molecule has 0 bridgehead atoms. The SMILES string of the molecule is Cc1cnc(Cn2c(SCc3ccc(F)cc3)nc(=O)c3c2CCC3)n1Cc1ccc(-c2ccc(C(F)(F)F)cc2)cc1. The fourth-order valence-corrected chi connectivity index (χ4v) is 6.39. The number of alkyl halides is 3. The van der Waals surface area contributed by atoms with E-state index in [0.29, 0.717) is 36.0 Å². The Balaban J connectivity index is 1.24. The van der Waals surface area contributed by atoms with E-state index in [1.165, 1.54) is 36.0 Å². The van der Waals surface area contributed by atoms with Gasteiger partial charge in [-0.3, -0.25) is 4.79 Å². The van der Waals surface area contributed by atoms with Gasteiger partial charge in [0.15, 0.2) is 5.16 Å². The van der Waals surface area contributed by atoms with Gasteiger partial charge in [0.2, 0.25) is 0 Å². The van der Waals surface area contributed by atoms with Crippen LogP contribution in [-0.4, -0.2) is 19.1 Å². The van der Waals surface area contributed by atoms with E-state index in [-0.39, 0.29) is 11.4 Å². The molecule has 2 heterocycles. The van der Waals surface area contributed by atoms with Crippen LogP contribution in [0.5, 0.6) is 0 Å². The molecule has 3 aromatic carbocycles. The average Bonchev–Trinajstić information content (AvgIpc) is 3.62. The van der Waals surface area contributed by atoms with E-state index in [1.807, 2.05) is 37.4 Å². The van der Waals surface area contributed by atoms with Gasteiger partial charge in [0.05, 0.1) is 12.1 Å². The van der Waals surface area contributed by atoms with Gasteiger partial charge in [0.1, 0.15) is 11.6 Å². The summed E-state index contributed by atoms with van der Waals surface area (Å²) in [7, 11) is 0. The molecule has 5 nitrogen and oxygen atoms in total. The van der Waals surface area contributed by atoms with E-state index in [4.69, 9.17) is 4.98 Å². The van der Waals surface area contributed by atoms with Gasteiger partial charge in [-0.15, -0.1) is 0 Å². The molecule has 0 aliphatic heterocycles. The van der Waals surface area contributed by atoms with Crippen molar-refractivity contribution >= 4 is 11.8 Å². The van der Waals surface area contributed by atoms with Crippen molar-refractivity contribution < 1.29 is 17.6 Å². The highest BCUT2D eigenvalue weighted by molar-refractivity contribution is 7.98. The van der Waals surface area contributed by atoms with Crippen LogP contribution in [0, 0.1) is 12.7 Å². The van der Waals surface area contributed by atoms with Gasteiger partial charge >= 0.3 is 6.18 Å². The van der Waals surface area contributed by atoms with Gasteiger partial charge in [0, 0.05) is 35.4 Å². The molecule has 5 aromatic rings. The van der Waals surface area contributed by atoms with Crippen molar-refractivity contribution in [3.05, 3.63) is 135 Å². The second kappa shape index (κ2) is 11.8. The van der Waals surface area contributed by atoms with E-state index in [9.17, 15) is 22.4 Å². The van der Waals surface area contributed by atoms with Gasteiger partial charge in [-0.2, -0.15) is 18.2 Å². The van der Waals surface area contributed by atoms with Crippen LogP contribution in [0.25, 0.3) is 11.1 Å². The summed E-state index contributed by atoms with van der Waals surface area (Å²) >= 11 is 1.45. The van der Waals surface area contributed by atoms with Crippen LogP contribution in [0.1, 0.15) is 45.9 Å². The van der Waals surface area contributed by atoms with Crippen LogP contribution in [0.15, 0.2) is 88.9 Å². The molecule has 0 spiro atoms. The van der Waals surface area contributed by atoms with Crippen LogP contribution >= 0.6 is 11.8 Å². The Bertz CT molecular complexity index is 1810. The topological polar surface area (TPSA) is 52.7 Å². The van der Waals surface area contributed by atoms with Crippen LogP contribution in [-0.2, 0) is 37.9 Å². The number of rotatable bonds is 8. The number of halogens is 4. The summed E-state index contributed by atoms with van der Waals surface area (Å²) in [5.41, 5.74) is 5.39. The second-order valence-corrected chi connectivity index (χ2v) is 11.6. The van der Waals surface area contributed by atoms with Gasteiger partial charge in [-0.25, -0.2) is 9.37 Å². The van der Waals surface area contributed by atoms with Crippen molar-refractivity contribution in [2.45, 2.75) is 56.4 Å². The molecule has 0 radical (unpaired) electrons. The minimum atomic E-state index is -4.36. The molecule has 0 saturated carbocycles. The third-order valence-corrected chi connectivity index (χ3v) is 8.81. The highest BCUT2D eigenvalue weighted by atomic mass is 32.2. The Morgan fingerprint density at radius 1 is 0.837 bits per heavy atom. The summed E-state index contributed by atoms with van der Waals surface area (Å²) in [5.74, 6) is 1.08. The molecule has 6 rings (SSSR count). The zero-order chi connectivity index (χ0) is 30.1. The molecular formula is C33H28F4N4OS. The molecule has 43 heavy (non-hydrogen) atoms. The van der Waals surface area contributed by atoms with E-state index in [0.717, 1.165) is 64.4 Å². The maximum Gasteiger partial charge on any atom is 0.416 e. The smallest absolute Gasteiger partial charge is 0.326 e. The van der Waals surface area contributed by atoms with Crippen molar-refractivity contribution in [1.82, 2.24) is 19.1 Å². The van der Waals surface area contributed by atoms with Crippen LogP contribution in [0.2, 0.25) is 0 Å². The Labute approximate surface area is 250 Å². The quantitative estimate of drug-likeness (QED) is 0.105. The summed E-state index contributed by atoms with van der Waals surface area (Å²) in [4.78, 5) is 22.0. The van der Waals surface area contributed by atoms with Crippen molar-refractivity contribution in [2.24, 2.45) is 0 Å². The largest absolute Gasteiger partial charge is 0.416 e. The van der Waals surface area contributed by atoms with Crippen molar-refractivity contribution in [2.75, 3.05) is 0 Å². The molecule has 0 N–H and O–H groups in total. The molecular weight excluding hydrogens is 576 g/mol. The first-order valence-corrected chi connectivity index (χ1v) is 14.9. The predicted octanol–water partition coefficient (Wildman–Crippen LogP) is 7.45. The number of hydrogen-bond acceptors (Lipinski definition) is 4. The zero-order valence-corrected chi connectivity index (χ0v) is 24.2. The highest BCUT2D eigenvalue weighted by Crippen LogP contribution is 2.31. The fraction of sp³-hybridized carbons (Fsp3) is 0.242. The first-order valence-electron chi connectivity index (χ1n) is 13.9. The number of nitrogens with zero attached hydrogens (tertiary/aromatic N) is 4. The molecule has 220 valence electrons. The highest BCUT2D eigenvalue weighted by Gasteiger charge is 2.30. The number of hydrogen-bond donors (Lipinski definition) is 0. The number of aromatic nitrogens is 4. The van der Waals surface area contributed by atoms with Crippen molar-refractivity contribution in [3.8, 4) is 11.1 Å². The fourth-order valence-electron chi connectivity index (χ4n) is 5.42. The number of aryl methyl sites for hydroxylation is 1. The monoisotopic (exact) mass is 604 g/mol. The van der Waals surface area contributed by atoms with Crippen LogP contribution in [0.3, 0.4) is 0 Å². The average molecular weight is 605 g/mol. The normalized spacial score (nSPS) is 13.0. The lowest BCUT2D eigenvalue weighted by atomic mass is 10.0. The summed E-state index contributed by atoms with van der Waals surface area (Å²) in [6.07, 6.45) is -0.133. The lowest BCUT2D eigenvalue weighted by Crippen LogP contribution is -2.23. The summed E-state index contributed by atoms with van der Waals surface area (Å²) in [6, 6.07) is 19.2. The second-order valence-electron chi connectivity index (χ2n) is 10.7. The Morgan fingerprint density at radius 2 is 1.49 bits per heavy atom. The maximum absolute atomic E-state index is 13.4. The van der Waals surface area contributed by atoms with E-state index in [1.54, 1.807) is 12.1 Å². The minimum absolute atomic E-state index is 0.182. The van der Waals surface area contributed by atoms with Crippen molar-refractivity contribution in [1.29, 1.82) is 0 Å². The lowest BCUT2D eigenvalue weighted by Gasteiger charge is -2.18. The lowest BCUT2D eigenvalue weighted by molar-refractivity contribution is -0.137. The molecule has 0 unspecified atom stereocenters. The molecule has 0 amide bonds. The number of thioether (sulfide) groups is 1. The maximum atomic E-state index is 13.4.